The average Bonchev–Trinajstić information content (AvgIpc) is 2.68. The van der Waals surface area contributed by atoms with Gasteiger partial charge in [0.05, 0.1) is 0 Å². The van der Waals surface area contributed by atoms with Crippen LogP contribution in [0, 0.1) is 5.92 Å². The summed E-state index contributed by atoms with van der Waals surface area (Å²) in [6.07, 6.45) is 3.48. The van der Waals surface area contributed by atoms with Crippen molar-refractivity contribution in [1.29, 1.82) is 0 Å². The number of nitrogens with two attached hydrogens (primary N) is 1. The van der Waals surface area contributed by atoms with Gasteiger partial charge in [-0.1, -0.05) is 18.2 Å². The molecule has 1 aromatic rings. The summed E-state index contributed by atoms with van der Waals surface area (Å²) in [5.41, 5.74) is 8.39. The van der Waals surface area contributed by atoms with E-state index in [-0.39, 0.29) is 0 Å². The van der Waals surface area contributed by atoms with E-state index in [0.29, 0.717) is 18.1 Å². The second-order valence-corrected chi connectivity index (χ2v) is 4.69. The van der Waals surface area contributed by atoms with Crippen molar-refractivity contribution in [2.75, 3.05) is 18.4 Å². The molecule has 0 amide bonds. The van der Waals surface area contributed by atoms with Crippen LogP contribution in [-0.4, -0.2) is 35.2 Å². The van der Waals surface area contributed by atoms with Crippen LogP contribution < -0.4 is 11.1 Å². The van der Waals surface area contributed by atoms with Gasteiger partial charge < -0.3 is 21.3 Å². The third-order valence-electron chi connectivity index (χ3n) is 3.12. The van der Waals surface area contributed by atoms with Crippen LogP contribution in [0.5, 0.6) is 0 Å². The molecule has 1 aromatic carbocycles. The molecule has 1 aliphatic heterocycles. The maximum Gasteiger partial charge on any atom is 0.328 e. The lowest BCUT2D eigenvalue weighted by molar-refractivity contribution is -0.134. The van der Waals surface area contributed by atoms with Crippen molar-refractivity contribution in [1.82, 2.24) is 0 Å². The van der Waals surface area contributed by atoms with Crippen LogP contribution in [0.3, 0.4) is 0 Å². The van der Waals surface area contributed by atoms with E-state index in [0.717, 1.165) is 19.5 Å². The first-order valence-electron chi connectivity index (χ1n) is 6.68. The van der Waals surface area contributed by atoms with E-state index in [9.17, 15) is 9.59 Å². The molecular weight excluding hydrogens is 272 g/mol. The van der Waals surface area contributed by atoms with E-state index >= 15 is 0 Å². The standard InChI is InChI=1S/C11H16N2.C4H4O4/c12-7-9-5-6-10-3-1-2-4-11(10)13-8-9;5-3(6)1-2-4(7)8/h1-4,9,13H,5-8,12H2;1-2H,(H,5,6)(H,7,8). The topological polar surface area (TPSA) is 113 Å². The Hall–Kier alpha value is -2.34. The highest BCUT2D eigenvalue weighted by molar-refractivity contribution is 5.89. The van der Waals surface area contributed by atoms with Crippen LogP contribution in [-0.2, 0) is 16.0 Å². The van der Waals surface area contributed by atoms with Gasteiger partial charge in [0.15, 0.2) is 0 Å². The minimum atomic E-state index is -1.26. The molecule has 0 saturated heterocycles. The van der Waals surface area contributed by atoms with Crippen molar-refractivity contribution in [3.8, 4) is 0 Å². The first-order chi connectivity index (χ1) is 10.0. The lowest BCUT2D eigenvalue weighted by Gasteiger charge is -2.10. The van der Waals surface area contributed by atoms with Gasteiger partial charge in [0.1, 0.15) is 0 Å². The maximum absolute atomic E-state index is 9.55. The highest BCUT2D eigenvalue weighted by Gasteiger charge is 2.13. The van der Waals surface area contributed by atoms with E-state index in [1.807, 2.05) is 0 Å². The van der Waals surface area contributed by atoms with E-state index in [1.54, 1.807) is 0 Å². The van der Waals surface area contributed by atoms with Gasteiger partial charge in [-0.15, -0.1) is 0 Å². The highest BCUT2D eigenvalue weighted by atomic mass is 16.4. The van der Waals surface area contributed by atoms with Crippen LogP contribution in [0.25, 0.3) is 0 Å². The molecule has 0 radical (unpaired) electrons. The second kappa shape index (κ2) is 8.76. The molecule has 2 rings (SSSR count). The van der Waals surface area contributed by atoms with Gasteiger partial charge in [-0.3, -0.25) is 0 Å². The predicted molar refractivity (Wildman–Crippen MR) is 80.2 cm³/mol. The molecule has 21 heavy (non-hydrogen) atoms. The number of fused-ring (bicyclic) bond motifs is 1. The second-order valence-electron chi connectivity index (χ2n) is 4.69. The lowest BCUT2D eigenvalue weighted by Crippen LogP contribution is -2.21. The molecule has 114 valence electrons. The molecule has 1 atom stereocenters. The summed E-state index contributed by atoms with van der Waals surface area (Å²) >= 11 is 0. The largest absolute Gasteiger partial charge is 0.478 e. The Morgan fingerprint density at radius 1 is 1.24 bits per heavy atom. The van der Waals surface area contributed by atoms with Crippen LogP contribution in [0.1, 0.15) is 12.0 Å². The number of anilines is 1. The Kier molecular flexibility index (Phi) is 6.97. The first kappa shape index (κ1) is 16.7. The van der Waals surface area contributed by atoms with Gasteiger partial charge in [0.25, 0.3) is 0 Å². The van der Waals surface area contributed by atoms with Gasteiger partial charge in [-0.2, -0.15) is 0 Å². The Morgan fingerprint density at radius 2 is 1.86 bits per heavy atom. The number of carboxylic acids is 2. The Labute approximate surface area is 123 Å². The number of rotatable bonds is 3. The summed E-state index contributed by atoms with van der Waals surface area (Å²) in [6, 6.07) is 8.52. The van der Waals surface area contributed by atoms with Crippen LogP contribution in [0.15, 0.2) is 36.4 Å². The lowest BCUT2D eigenvalue weighted by atomic mass is 10.0. The average molecular weight is 292 g/mol. The maximum atomic E-state index is 9.55. The van der Waals surface area contributed by atoms with Crippen molar-refractivity contribution in [3.63, 3.8) is 0 Å². The van der Waals surface area contributed by atoms with Gasteiger partial charge in [-0.05, 0) is 36.9 Å². The Bertz CT molecular complexity index is 471. The third-order valence-corrected chi connectivity index (χ3v) is 3.12. The molecule has 5 N–H and O–H groups in total. The van der Waals surface area contributed by atoms with Gasteiger partial charge in [0, 0.05) is 24.4 Å². The number of aryl methyl sites for hydroxylation is 1. The molecular formula is C15H20N2O4. The number of benzene rings is 1. The molecule has 0 fully saturated rings. The number of nitrogens with one attached hydrogen (secondary N) is 1. The number of carboxylic acid groups (broad SMARTS) is 2. The van der Waals surface area contributed by atoms with E-state index < -0.39 is 11.9 Å². The fraction of sp³-hybridized carbons (Fsp3) is 0.333. The number of carbonyl (C=O) groups is 2. The quantitative estimate of drug-likeness (QED) is 0.625. The Morgan fingerprint density at radius 3 is 2.43 bits per heavy atom. The molecule has 6 nitrogen and oxygen atoms in total. The summed E-state index contributed by atoms with van der Waals surface area (Å²) in [7, 11) is 0. The fourth-order valence-corrected chi connectivity index (χ4v) is 1.97. The summed E-state index contributed by atoms with van der Waals surface area (Å²) < 4.78 is 0. The van der Waals surface area contributed by atoms with E-state index in [4.69, 9.17) is 15.9 Å². The molecule has 0 bridgehead atoms. The van der Waals surface area contributed by atoms with Crippen LogP contribution >= 0.6 is 0 Å². The number of hydrogen-bond acceptors (Lipinski definition) is 4. The van der Waals surface area contributed by atoms with Crippen molar-refractivity contribution in [3.05, 3.63) is 42.0 Å². The van der Waals surface area contributed by atoms with Crippen molar-refractivity contribution < 1.29 is 19.8 Å². The normalized spacial score (nSPS) is 16.9. The zero-order chi connectivity index (χ0) is 15.7. The number of aliphatic carboxylic acids is 2. The number of hydrogen-bond donors (Lipinski definition) is 4. The monoisotopic (exact) mass is 292 g/mol. The zero-order valence-electron chi connectivity index (χ0n) is 11.7. The van der Waals surface area contributed by atoms with E-state index in [2.05, 4.69) is 29.6 Å². The molecule has 0 spiro atoms. The van der Waals surface area contributed by atoms with Gasteiger partial charge in [-0.25, -0.2) is 9.59 Å². The minimum absolute atomic E-state index is 0.558. The van der Waals surface area contributed by atoms with Crippen LogP contribution in [0.2, 0.25) is 0 Å². The van der Waals surface area contributed by atoms with Crippen molar-refractivity contribution in [2.24, 2.45) is 11.7 Å². The summed E-state index contributed by atoms with van der Waals surface area (Å²) in [6.45, 7) is 1.81. The third kappa shape index (κ3) is 6.58. The van der Waals surface area contributed by atoms with Crippen molar-refractivity contribution >= 4 is 17.6 Å². The first-order valence-corrected chi connectivity index (χ1v) is 6.68. The summed E-state index contributed by atoms with van der Waals surface area (Å²) in [5.74, 6) is -1.88. The molecule has 6 heteroatoms. The van der Waals surface area contributed by atoms with E-state index in [1.165, 1.54) is 17.7 Å². The zero-order valence-corrected chi connectivity index (χ0v) is 11.7. The van der Waals surface area contributed by atoms with Crippen LogP contribution in [0.4, 0.5) is 5.69 Å². The summed E-state index contributed by atoms with van der Waals surface area (Å²) in [4.78, 5) is 19.1. The molecule has 1 aliphatic rings. The molecule has 0 aromatic heterocycles. The minimum Gasteiger partial charge on any atom is -0.478 e. The molecule has 0 saturated carbocycles. The smallest absolute Gasteiger partial charge is 0.328 e. The summed E-state index contributed by atoms with van der Waals surface area (Å²) in [5, 5.41) is 19.1. The Balaban J connectivity index is 0.000000240. The SMILES string of the molecule is NCC1CCc2ccccc2NC1.O=C(O)C=CC(=O)O. The van der Waals surface area contributed by atoms with Crippen molar-refractivity contribution in [2.45, 2.75) is 12.8 Å². The van der Waals surface area contributed by atoms with Gasteiger partial charge >= 0.3 is 11.9 Å². The highest BCUT2D eigenvalue weighted by Crippen LogP contribution is 2.22. The molecule has 1 heterocycles. The predicted octanol–water partition coefficient (Wildman–Crippen LogP) is 1.33. The molecule has 1 unspecified atom stereocenters. The fourth-order valence-electron chi connectivity index (χ4n) is 1.97. The molecule has 0 aliphatic carbocycles. The van der Waals surface area contributed by atoms with Gasteiger partial charge in [0.2, 0.25) is 0 Å². The number of para-hydroxylation sites is 1.